The van der Waals surface area contributed by atoms with E-state index in [1.807, 2.05) is 0 Å². The Labute approximate surface area is 146 Å². The van der Waals surface area contributed by atoms with Crippen molar-refractivity contribution in [3.05, 3.63) is 29.8 Å². The summed E-state index contributed by atoms with van der Waals surface area (Å²) in [4.78, 5) is 9.14. The van der Waals surface area contributed by atoms with Crippen molar-refractivity contribution in [2.45, 2.75) is 19.8 Å². The molecule has 1 heterocycles. The third-order valence-corrected chi connectivity index (χ3v) is 4.37. The maximum Gasteiger partial charge on any atom is 0.193 e. The summed E-state index contributed by atoms with van der Waals surface area (Å²) in [6.45, 7) is 6.58. The van der Waals surface area contributed by atoms with Gasteiger partial charge < -0.3 is 19.9 Å². The van der Waals surface area contributed by atoms with Crippen molar-refractivity contribution in [2.24, 2.45) is 10.9 Å². The van der Waals surface area contributed by atoms with Crippen molar-refractivity contribution in [3.8, 4) is 0 Å². The van der Waals surface area contributed by atoms with E-state index in [0.29, 0.717) is 5.92 Å². The van der Waals surface area contributed by atoms with E-state index in [2.05, 4.69) is 67.4 Å². The van der Waals surface area contributed by atoms with E-state index in [0.717, 1.165) is 51.6 Å². The Kier molecular flexibility index (Phi) is 7.37. The van der Waals surface area contributed by atoms with Crippen LogP contribution in [0.2, 0.25) is 0 Å². The van der Waals surface area contributed by atoms with Crippen LogP contribution in [0.1, 0.15) is 18.9 Å². The lowest BCUT2D eigenvalue weighted by atomic mass is 10.1. The zero-order chi connectivity index (χ0) is 17.4. The second-order valence-corrected chi connectivity index (χ2v) is 6.66. The number of rotatable bonds is 7. The van der Waals surface area contributed by atoms with E-state index in [1.165, 1.54) is 11.3 Å². The van der Waals surface area contributed by atoms with Crippen LogP contribution in [-0.2, 0) is 11.2 Å². The van der Waals surface area contributed by atoms with Crippen LogP contribution in [-0.4, -0.2) is 64.9 Å². The van der Waals surface area contributed by atoms with Crippen molar-refractivity contribution >= 4 is 11.6 Å². The Morgan fingerprint density at radius 3 is 2.58 bits per heavy atom. The van der Waals surface area contributed by atoms with Crippen LogP contribution in [0.25, 0.3) is 0 Å². The molecule has 0 aliphatic carbocycles. The average molecular weight is 332 g/mol. The Morgan fingerprint density at radius 2 is 2.00 bits per heavy atom. The first-order valence-corrected chi connectivity index (χ1v) is 8.93. The predicted molar refractivity (Wildman–Crippen MR) is 102 cm³/mol. The SMILES string of the molecule is CCNC(=NCCc1ccc(N(C)C)cc1)N(C)CC1CCOC1. The molecule has 1 aromatic rings. The topological polar surface area (TPSA) is 40.1 Å². The molecule has 5 heteroatoms. The third kappa shape index (κ3) is 5.71. The normalized spacial score (nSPS) is 17.8. The van der Waals surface area contributed by atoms with Gasteiger partial charge in [0, 0.05) is 59.0 Å². The number of nitrogens with zero attached hydrogens (tertiary/aromatic N) is 3. The zero-order valence-electron chi connectivity index (χ0n) is 15.6. The molecule has 1 aliphatic heterocycles. The lowest BCUT2D eigenvalue weighted by Gasteiger charge is -2.24. The smallest absolute Gasteiger partial charge is 0.193 e. The molecule has 0 radical (unpaired) electrons. The highest BCUT2D eigenvalue weighted by Crippen LogP contribution is 2.14. The summed E-state index contributed by atoms with van der Waals surface area (Å²) in [5.41, 5.74) is 2.56. The molecule has 1 atom stereocenters. The quantitative estimate of drug-likeness (QED) is 0.614. The van der Waals surface area contributed by atoms with E-state index in [9.17, 15) is 0 Å². The van der Waals surface area contributed by atoms with E-state index in [-0.39, 0.29) is 0 Å². The Balaban J connectivity index is 1.87. The van der Waals surface area contributed by atoms with Gasteiger partial charge in [0.15, 0.2) is 5.96 Å². The molecule has 2 rings (SSSR count). The van der Waals surface area contributed by atoms with E-state index in [4.69, 9.17) is 9.73 Å². The highest BCUT2D eigenvalue weighted by atomic mass is 16.5. The Morgan fingerprint density at radius 1 is 1.25 bits per heavy atom. The highest BCUT2D eigenvalue weighted by Gasteiger charge is 2.18. The summed E-state index contributed by atoms with van der Waals surface area (Å²) in [6.07, 6.45) is 2.12. The average Bonchev–Trinajstić information content (AvgIpc) is 3.07. The van der Waals surface area contributed by atoms with Gasteiger partial charge >= 0.3 is 0 Å². The third-order valence-electron chi connectivity index (χ3n) is 4.37. The molecule has 0 spiro atoms. The van der Waals surface area contributed by atoms with E-state index in [1.54, 1.807) is 0 Å². The summed E-state index contributed by atoms with van der Waals surface area (Å²) in [7, 11) is 6.24. The van der Waals surface area contributed by atoms with Crippen molar-refractivity contribution in [1.82, 2.24) is 10.2 Å². The standard InChI is InChI=1S/C19H32N4O/c1-5-20-19(23(4)14-17-11-13-24-15-17)21-12-10-16-6-8-18(9-7-16)22(2)3/h6-9,17H,5,10-15H2,1-4H3,(H,20,21). The molecular formula is C19H32N4O. The molecule has 5 nitrogen and oxygen atoms in total. The van der Waals surface area contributed by atoms with Gasteiger partial charge in [0.25, 0.3) is 0 Å². The zero-order valence-corrected chi connectivity index (χ0v) is 15.6. The largest absolute Gasteiger partial charge is 0.381 e. The van der Waals surface area contributed by atoms with Gasteiger partial charge in [-0.2, -0.15) is 0 Å². The van der Waals surface area contributed by atoms with Crippen LogP contribution in [0.4, 0.5) is 5.69 Å². The van der Waals surface area contributed by atoms with Crippen molar-refractivity contribution in [2.75, 3.05) is 58.9 Å². The van der Waals surface area contributed by atoms with Crippen LogP contribution >= 0.6 is 0 Å². The number of ether oxygens (including phenoxy) is 1. The lowest BCUT2D eigenvalue weighted by Crippen LogP contribution is -2.41. The molecule has 1 N–H and O–H groups in total. The molecule has 134 valence electrons. The maximum atomic E-state index is 5.47. The lowest BCUT2D eigenvalue weighted by molar-refractivity contribution is 0.181. The number of anilines is 1. The van der Waals surface area contributed by atoms with Crippen LogP contribution in [0.5, 0.6) is 0 Å². The molecule has 0 amide bonds. The molecule has 1 saturated heterocycles. The number of aliphatic imine (C=N–C) groups is 1. The minimum Gasteiger partial charge on any atom is -0.381 e. The summed E-state index contributed by atoms with van der Waals surface area (Å²) in [6, 6.07) is 8.71. The molecule has 0 aromatic heterocycles. The summed E-state index contributed by atoms with van der Waals surface area (Å²) < 4.78 is 5.47. The highest BCUT2D eigenvalue weighted by molar-refractivity contribution is 5.79. The van der Waals surface area contributed by atoms with Crippen molar-refractivity contribution in [1.29, 1.82) is 0 Å². The molecule has 1 aliphatic rings. The fourth-order valence-electron chi connectivity index (χ4n) is 2.92. The van der Waals surface area contributed by atoms with Gasteiger partial charge in [0.1, 0.15) is 0 Å². The van der Waals surface area contributed by atoms with E-state index < -0.39 is 0 Å². The predicted octanol–water partition coefficient (Wildman–Crippen LogP) is 2.23. The van der Waals surface area contributed by atoms with E-state index >= 15 is 0 Å². The molecule has 1 fully saturated rings. The Bertz CT molecular complexity index is 507. The van der Waals surface area contributed by atoms with Gasteiger partial charge in [0.2, 0.25) is 0 Å². The molecule has 1 aromatic carbocycles. The molecule has 24 heavy (non-hydrogen) atoms. The fraction of sp³-hybridized carbons (Fsp3) is 0.632. The summed E-state index contributed by atoms with van der Waals surface area (Å²) in [5.74, 6) is 1.62. The summed E-state index contributed by atoms with van der Waals surface area (Å²) in [5, 5.41) is 3.40. The Hall–Kier alpha value is -1.75. The minimum atomic E-state index is 0.623. The van der Waals surface area contributed by atoms with Gasteiger partial charge in [0.05, 0.1) is 6.61 Å². The molecule has 0 bridgehead atoms. The van der Waals surface area contributed by atoms with Gasteiger partial charge in [-0.15, -0.1) is 0 Å². The molecule has 1 unspecified atom stereocenters. The first-order valence-electron chi connectivity index (χ1n) is 8.93. The number of nitrogens with one attached hydrogen (secondary N) is 1. The molecular weight excluding hydrogens is 300 g/mol. The van der Waals surface area contributed by atoms with Gasteiger partial charge in [-0.25, -0.2) is 0 Å². The number of benzene rings is 1. The van der Waals surface area contributed by atoms with Gasteiger partial charge in [-0.05, 0) is 37.5 Å². The second kappa shape index (κ2) is 9.52. The number of hydrogen-bond acceptors (Lipinski definition) is 3. The first-order chi connectivity index (χ1) is 11.6. The number of hydrogen-bond donors (Lipinski definition) is 1. The number of guanidine groups is 1. The van der Waals surface area contributed by atoms with Crippen molar-refractivity contribution in [3.63, 3.8) is 0 Å². The van der Waals surface area contributed by atoms with Crippen LogP contribution in [0, 0.1) is 5.92 Å². The maximum absolute atomic E-state index is 5.47. The van der Waals surface area contributed by atoms with Crippen molar-refractivity contribution < 1.29 is 4.74 Å². The summed E-state index contributed by atoms with van der Waals surface area (Å²) >= 11 is 0. The van der Waals surface area contributed by atoms with Crippen LogP contribution in [0.15, 0.2) is 29.3 Å². The van der Waals surface area contributed by atoms with Gasteiger partial charge in [-0.3, -0.25) is 4.99 Å². The fourth-order valence-corrected chi connectivity index (χ4v) is 2.92. The second-order valence-electron chi connectivity index (χ2n) is 6.66. The monoisotopic (exact) mass is 332 g/mol. The van der Waals surface area contributed by atoms with Gasteiger partial charge in [-0.1, -0.05) is 12.1 Å². The van der Waals surface area contributed by atoms with Crippen LogP contribution < -0.4 is 10.2 Å². The minimum absolute atomic E-state index is 0.623. The van der Waals surface area contributed by atoms with Crippen LogP contribution in [0.3, 0.4) is 0 Å². The first kappa shape index (κ1) is 18.6. The molecule has 0 saturated carbocycles.